The van der Waals surface area contributed by atoms with Gasteiger partial charge in [0, 0.05) is 31.1 Å². The van der Waals surface area contributed by atoms with Crippen molar-refractivity contribution >= 4 is 11.8 Å². The molecule has 102 valence electrons. The van der Waals surface area contributed by atoms with Crippen molar-refractivity contribution in [3.8, 4) is 0 Å². The summed E-state index contributed by atoms with van der Waals surface area (Å²) in [6, 6.07) is 0.452. The van der Waals surface area contributed by atoms with Crippen LogP contribution in [0, 0.1) is 0 Å². The lowest BCUT2D eigenvalue weighted by Gasteiger charge is -2.15. The highest BCUT2D eigenvalue weighted by molar-refractivity contribution is 7.99. The number of thioether (sulfide) groups is 1. The molecule has 1 saturated heterocycles. The van der Waals surface area contributed by atoms with Crippen LogP contribution in [0.3, 0.4) is 0 Å². The fraction of sp³-hybridized carbons (Fsp3) is 0.833. The quantitative estimate of drug-likeness (QED) is 0.845. The van der Waals surface area contributed by atoms with Gasteiger partial charge in [0.1, 0.15) is 0 Å². The number of methoxy groups -OCH3 is 1. The van der Waals surface area contributed by atoms with Gasteiger partial charge >= 0.3 is 0 Å². The molecule has 1 aliphatic rings. The highest BCUT2D eigenvalue weighted by Crippen LogP contribution is 2.31. The molecule has 0 aromatic carbocycles. The van der Waals surface area contributed by atoms with Crippen LogP contribution in [-0.2, 0) is 11.2 Å². The molecule has 6 heteroatoms. The molecule has 3 atom stereocenters. The molecule has 1 aliphatic heterocycles. The minimum Gasteiger partial charge on any atom is -0.381 e. The van der Waals surface area contributed by atoms with Gasteiger partial charge in [-0.1, -0.05) is 12.1 Å². The van der Waals surface area contributed by atoms with Crippen LogP contribution in [0.4, 0.5) is 0 Å². The molecule has 0 saturated carbocycles. The molecule has 2 heterocycles. The van der Waals surface area contributed by atoms with Crippen molar-refractivity contribution in [3.63, 3.8) is 0 Å². The van der Waals surface area contributed by atoms with Gasteiger partial charge in [0.15, 0.2) is 5.82 Å². The van der Waals surface area contributed by atoms with E-state index in [9.17, 15) is 0 Å². The smallest absolute Gasteiger partial charge is 0.232 e. The molecule has 2 rings (SSSR count). The van der Waals surface area contributed by atoms with Crippen molar-refractivity contribution in [2.75, 3.05) is 25.2 Å². The number of rotatable bonds is 6. The maximum Gasteiger partial charge on any atom is 0.232 e. The highest BCUT2D eigenvalue weighted by Gasteiger charge is 2.32. The molecular weight excluding hydrogens is 250 g/mol. The summed E-state index contributed by atoms with van der Waals surface area (Å²) in [5, 5.41) is 7.52. The predicted molar refractivity (Wildman–Crippen MR) is 72.0 cm³/mol. The zero-order valence-corrected chi connectivity index (χ0v) is 12.0. The third-order valence-electron chi connectivity index (χ3n) is 3.22. The molecule has 5 nitrogen and oxygen atoms in total. The van der Waals surface area contributed by atoms with Crippen molar-refractivity contribution in [2.24, 2.45) is 0 Å². The van der Waals surface area contributed by atoms with Gasteiger partial charge in [-0.2, -0.15) is 16.7 Å². The van der Waals surface area contributed by atoms with Crippen LogP contribution in [0.15, 0.2) is 4.52 Å². The second-order valence-electron chi connectivity index (χ2n) is 4.61. The zero-order valence-electron chi connectivity index (χ0n) is 11.2. The highest BCUT2D eigenvalue weighted by atomic mass is 32.2. The van der Waals surface area contributed by atoms with Gasteiger partial charge in [-0.15, -0.1) is 0 Å². The lowest BCUT2D eigenvalue weighted by molar-refractivity contribution is 0.116. The fourth-order valence-electron chi connectivity index (χ4n) is 2.10. The minimum absolute atomic E-state index is 0.123. The van der Waals surface area contributed by atoms with Gasteiger partial charge < -0.3 is 14.6 Å². The summed E-state index contributed by atoms with van der Waals surface area (Å²) in [5.41, 5.74) is 0. The van der Waals surface area contributed by atoms with Crippen molar-refractivity contribution < 1.29 is 9.26 Å². The Morgan fingerprint density at radius 3 is 3.11 bits per heavy atom. The Kier molecular flexibility index (Phi) is 5.03. The first-order chi connectivity index (χ1) is 8.74. The lowest BCUT2D eigenvalue weighted by Crippen LogP contribution is -2.34. The molecule has 0 aliphatic carbocycles. The molecule has 0 radical (unpaired) electrons. The summed E-state index contributed by atoms with van der Waals surface area (Å²) in [6.45, 7) is 5.10. The van der Waals surface area contributed by atoms with Crippen LogP contribution in [0.1, 0.15) is 31.5 Å². The molecule has 1 N–H and O–H groups in total. The van der Waals surface area contributed by atoms with Crippen molar-refractivity contribution in [1.29, 1.82) is 0 Å². The second-order valence-corrected chi connectivity index (χ2v) is 5.68. The third-order valence-corrected chi connectivity index (χ3v) is 4.41. The SMILES string of the molecule is CCNC1CSCC1c1nc(CC(C)OC)no1. The van der Waals surface area contributed by atoms with Crippen molar-refractivity contribution in [2.45, 2.75) is 38.3 Å². The van der Waals surface area contributed by atoms with E-state index < -0.39 is 0 Å². The lowest BCUT2D eigenvalue weighted by atomic mass is 10.0. The molecule has 18 heavy (non-hydrogen) atoms. The second kappa shape index (κ2) is 6.54. The normalized spacial score (nSPS) is 25.5. The summed E-state index contributed by atoms with van der Waals surface area (Å²) in [5.74, 6) is 4.02. The first-order valence-corrected chi connectivity index (χ1v) is 7.56. The van der Waals surface area contributed by atoms with Crippen LogP contribution in [0.5, 0.6) is 0 Å². The van der Waals surface area contributed by atoms with E-state index in [4.69, 9.17) is 9.26 Å². The average molecular weight is 271 g/mol. The molecule has 1 aromatic heterocycles. The molecule has 0 bridgehead atoms. The third kappa shape index (κ3) is 3.24. The van der Waals surface area contributed by atoms with Crippen LogP contribution >= 0.6 is 11.8 Å². The average Bonchev–Trinajstić information content (AvgIpc) is 2.98. The summed E-state index contributed by atoms with van der Waals surface area (Å²) in [6.07, 6.45) is 0.823. The standard InChI is InChI=1S/C12H21N3O2S/c1-4-13-10-7-18-6-9(10)12-14-11(15-17-12)5-8(2)16-3/h8-10,13H,4-7H2,1-3H3. The van der Waals surface area contributed by atoms with Gasteiger partial charge in [0.25, 0.3) is 0 Å². The van der Waals surface area contributed by atoms with Gasteiger partial charge in [-0.3, -0.25) is 0 Å². The van der Waals surface area contributed by atoms with E-state index in [1.54, 1.807) is 7.11 Å². The van der Waals surface area contributed by atoms with Gasteiger partial charge in [-0.25, -0.2) is 0 Å². The molecule has 1 aromatic rings. The Hall–Kier alpha value is -0.590. The van der Waals surface area contributed by atoms with E-state index in [1.807, 2.05) is 18.7 Å². The van der Waals surface area contributed by atoms with Crippen molar-refractivity contribution in [3.05, 3.63) is 11.7 Å². The molecule has 0 amide bonds. The summed E-state index contributed by atoms with van der Waals surface area (Å²) < 4.78 is 10.6. The Morgan fingerprint density at radius 1 is 1.56 bits per heavy atom. The van der Waals surface area contributed by atoms with Gasteiger partial charge in [0.2, 0.25) is 5.89 Å². The van der Waals surface area contributed by atoms with E-state index in [-0.39, 0.29) is 6.10 Å². The summed E-state index contributed by atoms with van der Waals surface area (Å²) in [4.78, 5) is 4.50. The number of nitrogens with one attached hydrogen (secondary N) is 1. The Balaban J connectivity index is 2.00. The van der Waals surface area contributed by atoms with Crippen LogP contribution in [0.2, 0.25) is 0 Å². The number of nitrogens with zero attached hydrogens (tertiary/aromatic N) is 2. The molecular formula is C12H21N3O2S. The minimum atomic E-state index is 0.123. The predicted octanol–water partition coefficient (Wildman–Crippen LogP) is 1.46. The van der Waals surface area contributed by atoms with E-state index in [1.165, 1.54) is 0 Å². The maximum absolute atomic E-state index is 5.40. The Labute approximate surface area is 112 Å². The topological polar surface area (TPSA) is 60.2 Å². The number of aromatic nitrogens is 2. The van der Waals surface area contributed by atoms with Gasteiger partial charge in [-0.05, 0) is 13.5 Å². The number of likely N-dealkylation sites (N-methyl/N-ethyl adjacent to an activating group) is 1. The molecule has 0 spiro atoms. The van der Waals surface area contributed by atoms with E-state index in [0.717, 1.165) is 29.8 Å². The fourth-order valence-corrected chi connectivity index (χ4v) is 3.47. The maximum atomic E-state index is 5.40. The summed E-state index contributed by atoms with van der Waals surface area (Å²) in [7, 11) is 1.69. The monoisotopic (exact) mass is 271 g/mol. The first-order valence-electron chi connectivity index (χ1n) is 6.41. The van der Waals surface area contributed by atoms with E-state index in [2.05, 4.69) is 22.4 Å². The molecule has 3 unspecified atom stereocenters. The molecule has 1 fully saturated rings. The van der Waals surface area contributed by atoms with Crippen LogP contribution in [0.25, 0.3) is 0 Å². The Morgan fingerprint density at radius 2 is 2.39 bits per heavy atom. The van der Waals surface area contributed by atoms with E-state index in [0.29, 0.717) is 18.4 Å². The van der Waals surface area contributed by atoms with Gasteiger partial charge in [0.05, 0.1) is 12.0 Å². The zero-order chi connectivity index (χ0) is 13.0. The summed E-state index contributed by atoms with van der Waals surface area (Å²) >= 11 is 1.94. The van der Waals surface area contributed by atoms with Crippen molar-refractivity contribution in [1.82, 2.24) is 15.5 Å². The number of hydrogen-bond donors (Lipinski definition) is 1. The van der Waals surface area contributed by atoms with Crippen LogP contribution in [-0.4, -0.2) is 47.4 Å². The number of hydrogen-bond acceptors (Lipinski definition) is 6. The first kappa shape index (κ1) is 13.8. The van der Waals surface area contributed by atoms with E-state index >= 15 is 0 Å². The largest absolute Gasteiger partial charge is 0.381 e. The van der Waals surface area contributed by atoms with Crippen LogP contribution < -0.4 is 5.32 Å². The Bertz CT molecular complexity index is 372. The number of ether oxygens (including phenoxy) is 1.